The lowest BCUT2D eigenvalue weighted by atomic mass is 10.3. The molecule has 1 saturated heterocycles. The maximum Gasteiger partial charge on any atom is 0.304 e. The first-order valence-corrected chi connectivity index (χ1v) is 6.75. The van der Waals surface area contributed by atoms with Crippen LogP contribution in [-0.2, 0) is 4.79 Å². The van der Waals surface area contributed by atoms with Gasteiger partial charge in [-0.25, -0.2) is 4.98 Å². The summed E-state index contributed by atoms with van der Waals surface area (Å²) in [6.07, 6.45) is 2.02. The van der Waals surface area contributed by atoms with Gasteiger partial charge in [0.05, 0.1) is 6.42 Å². The maximum atomic E-state index is 10.5. The molecule has 2 heterocycles. The van der Waals surface area contributed by atoms with E-state index >= 15 is 0 Å². The number of carboxylic acid groups (broad SMARTS) is 1. The third kappa shape index (κ3) is 3.68. The van der Waals surface area contributed by atoms with E-state index in [0.29, 0.717) is 6.54 Å². The van der Waals surface area contributed by atoms with Crippen LogP contribution in [0.25, 0.3) is 0 Å². The largest absolute Gasteiger partial charge is 0.481 e. The average Bonchev–Trinajstić information content (AvgIpc) is 2.38. The van der Waals surface area contributed by atoms with Gasteiger partial charge in [-0.15, -0.1) is 0 Å². The third-order valence-electron chi connectivity index (χ3n) is 3.05. The normalized spacial score (nSPS) is 16.8. The molecule has 1 aliphatic rings. The molecule has 1 N–H and O–H groups in total. The molecule has 0 atom stereocenters. The van der Waals surface area contributed by atoms with E-state index < -0.39 is 5.97 Å². The Balaban J connectivity index is 1.83. The van der Waals surface area contributed by atoms with Crippen molar-refractivity contribution in [3.8, 4) is 0 Å². The second kappa shape index (κ2) is 6.15. The molecule has 98 valence electrons. The number of hydrogen-bond acceptors (Lipinski definition) is 4. The first-order valence-electron chi connectivity index (χ1n) is 5.96. The van der Waals surface area contributed by atoms with Crippen molar-refractivity contribution in [1.29, 1.82) is 0 Å². The second-order valence-electron chi connectivity index (χ2n) is 4.31. The molecule has 0 radical (unpaired) electrons. The van der Waals surface area contributed by atoms with Crippen molar-refractivity contribution in [1.82, 2.24) is 9.88 Å². The van der Waals surface area contributed by atoms with Gasteiger partial charge in [-0.1, -0.05) is 0 Å². The lowest BCUT2D eigenvalue weighted by Gasteiger charge is -2.35. The molecule has 0 saturated carbocycles. The van der Waals surface area contributed by atoms with Gasteiger partial charge in [0.15, 0.2) is 0 Å². The number of rotatable bonds is 4. The van der Waals surface area contributed by atoms with E-state index in [1.165, 1.54) is 0 Å². The zero-order chi connectivity index (χ0) is 13.0. The molecule has 1 aromatic heterocycles. The maximum absolute atomic E-state index is 10.5. The summed E-state index contributed by atoms with van der Waals surface area (Å²) in [7, 11) is 0. The Bertz CT molecular complexity index is 402. The van der Waals surface area contributed by atoms with E-state index in [0.717, 1.165) is 36.5 Å². The number of piperazine rings is 1. The standard InChI is InChI=1S/C12H16BrN3O2/c13-10-1-2-11(14-9-10)16-7-5-15(6-8-16)4-3-12(17)18/h1-2,9H,3-8H2,(H,17,18). The number of anilines is 1. The van der Waals surface area contributed by atoms with Gasteiger partial charge in [0.1, 0.15) is 5.82 Å². The Morgan fingerprint density at radius 2 is 2.06 bits per heavy atom. The van der Waals surface area contributed by atoms with E-state index in [9.17, 15) is 4.79 Å². The highest BCUT2D eigenvalue weighted by Crippen LogP contribution is 2.16. The molecular formula is C12H16BrN3O2. The van der Waals surface area contributed by atoms with Gasteiger partial charge >= 0.3 is 5.97 Å². The molecule has 1 aromatic rings. The van der Waals surface area contributed by atoms with Gasteiger partial charge in [-0.05, 0) is 28.1 Å². The number of nitrogens with zero attached hydrogens (tertiary/aromatic N) is 3. The molecule has 0 aliphatic carbocycles. The number of aromatic nitrogens is 1. The fourth-order valence-corrected chi connectivity index (χ4v) is 2.24. The first-order chi connectivity index (χ1) is 8.65. The van der Waals surface area contributed by atoms with Gasteiger partial charge in [0.2, 0.25) is 0 Å². The van der Waals surface area contributed by atoms with E-state index in [1.807, 2.05) is 12.1 Å². The molecular weight excluding hydrogens is 298 g/mol. The Kier molecular flexibility index (Phi) is 4.54. The van der Waals surface area contributed by atoms with Crippen LogP contribution >= 0.6 is 15.9 Å². The number of carboxylic acids is 1. The van der Waals surface area contributed by atoms with Crippen molar-refractivity contribution >= 4 is 27.7 Å². The molecule has 1 fully saturated rings. The molecule has 5 nitrogen and oxygen atoms in total. The summed E-state index contributed by atoms with van der Waals surface area (Å²) < 4.78 is 0.978. The van der Waals surface area contributed by atoms with Crippen LogP contribution in [0, 0.1) is 0 Å². The topological polar surface area (TPSA) is 56.7 Å². The Morgan fingerprint density at radius 1 is 1.33 bits per heavy atom. The summed E-state index contributed by atoms with van der Waals surface area (Å²) in [6.45, 7) is 4.22. The number of halogens is 1. The predicted molar refractivity (Wildman–Crippen MR) is 72.8 cm³/mol. The van der Waals surface area contributed by atoms with E-state index in [1.54, 1.807) is 6.20 Å². The van der Waals surface area contributed by atoms with Crippen LogP contribution in [0.4, 0.5) is 5.82 Å². The van der Waals surface area contributed by atoms with Crippen LogP contribution < -0.4 is 4.90 Å². The van der Waals surface area contributed by atoms with Gasteiger partial charge < -0.3 is 10.0 Å². The quantitative estimate of drug-likeness (QED) is 0.911. The second-order valence-corrected chi connectivity index (χ2v) is 5.22. The monoisotopic (exact) mass is 313 g/mol. The zero-order valence-electron chi connectivity index (χ0n) is 10.0. The minimum absolute atomic E-state index is 0.219. The van der Waals surface area contributed by atoms with Crippen molar-refractivity contribution in [2.24, 2.45) is 0 Å². The summed E-state index contributed by atoms with van der Waals surface area (Å²) in [6, 6.07) is 3.98. The number of carbonyl (C=O) groups is 1. The predicted octanol–water partition coefficient (Wildman–Crippen LogP) is 1.44. The average molecular weight is 314 g/mol. The fourth-order valence-electron chi connectivity index (χ4n) is 2.01. The highest BCUT2D eigenvalue weighted by Gasteiger charge is 2.18. The molecule has 0 bridgehead atoms. The minimum atomic E-state index is -0.730. The zero-order valence-corrected chi connectivity index (χ0v) is 11.6. The highest BCUT2D eigenvalue weighted by atomic mass is 79.9. The molecule has 18 heavy (non-hydrogen) atoms. The van der Waals surface area contributed by atoms with Gasteiger partial charge in [0.25, 0.3) is 0 Å². The SMILES string of the molecule is O=C(O)CCN1CCN(c2ccc(Br)cn2)CC1. The molecule has 0 aromatic carbocycles. The number of aliphatic carboxylic acids is 1. The Morgan fingerprint density at radius 3 is 2.61 bits per heavy atom. The molecule has 0 unspecified atom stereocenters. The summed E-state index contributed by atoms with van der Waals surface area (Å²) >= 11 is 3.37. The van der Waals surface area contributed by atoms with Crippen LogP contribution in [-0.4, -0.2) is 53.7 Å². The minimum Gasteiger partial charge on any atom is -0.481 e. The van der Waals surface area contributed by atoms with Crippen molar-refractivity contribution in [2.75, 3.05) is 37.6 Å². The molecule has 1 aliphatic heterocycles. The summed E-state index contributed by atoms with van der Waals surface area (Å²) in [5, 5.41) is 8.65. The van der Waals surface area contributed by atoms with Crippen LogP contribution in [0.5, 0.6) is 0 Å². The van der Waals surface area contributed by atoms with Crippen LogP contribution in [0.1, 0.15) is 6.42 Å². The van der Waals surface area contributed by atoms with Crippen LogP contribution in [0.2, 0.25) is 0 Å². The summed E-state index contributed by atoms with van der Waals surface area (Å²) in [4.78, 5) is 19.3. The number of pyridine rings is 1. The van der Waals surface area contributed by atoms with E-state index in [-0.39, 0.29) is 6.42 Å². The molecule has 6 heteroatoms. The summed E-state index contributed by atoms with van der Waals surface area (Å²) in [5.41, 5.74) is 0. The summed E-state index contributed by atoms with van der Waals surface area (Å²) in [5.74, 6) is 0.253. The lowest BCUT2D eigenvalue weighted by molar-refractivity contribution is -0.137. The first kappa shape index (κ1) is 13.3. The lowest BCUT2D eigenvalue weighted by Crippen LogP contribution is -2.47. The van der Waals surface area contributed by atoms with Crippen LogP contribution in [0.3, 0.4) is 0 Å². The third-order valence-corrected chi connectivity index (χ3v) is 3.52. The van der Waals surface area contributed by atoms with Gasteiger partial charge in [-0.3, -0.25) is 9.69 Å². The van der Waals surface area contributed by atoms with Crippen molar-refractivity contribution in [3.63, 3.8) is 0 Å². The smallest absolute Gasteiger partial charge is 0.304 e. The molecule has 0 spiro atoms. The van der Waals surface area contributed by atoms with Crippen molar-refractivity contribution < 1.29 is 9.90 Å². The molecule has 0 amide bonds. The van der Waals surface area contributed by atoms with E-state index in [2.05, 4.69) is 30.7 Å². The Labute approximate surface area is 115 Å². The molecule has 2 rings (SSSR count). The van der Waals surface area contributed by atoms with Crippen LogP contribution in [0.15, 0.2) is 22.8 Å². The number of hydrogen-bond donors (Lipinski definition) is 1. The Hall–Kier alpha value is -1.14. The fraction of sp³-hybridized carbons (Fsp3) is 0.500. The highest BCUT2D eigenvalue weighted by molar-refractivity contribution is 9.10. The van der Waals surface area contributed by atoms with Gasteiger partial charge in [0, 0.05) is 43.4 Å². The van der Waals surface area contributed by atoms with Crippen molar-refractivity contribution in [2.45, 2.75) is 6.42 Å². The van der Waals surface area contributed by atoms with E-state index in [4.69, 9.17) is 5.11 Å². The van der Waals surface area contributed by atoms with Gasteiger partial charge in [-0.2, -0.15) is 0 Å². The van der Waals surface area contributed by atoms with Crippen molar-refractivity contribution in [3.05, 3.63) is 22.8 Å².